The van der Waals surface area contributed by atoms with Gasteiger partial charge < -0.3 is 4.74 Å². The van der Waals surface area contributed by atoms with E-state index in [1.165, 1.54) is 23.0 Å². The van der Waals surface area contributed by atoms with Crippen molar-refractivity contribution in [1.29, 1.82) is 0 Å². The first kappa shape index (κ1) is 18.1. The lowest BCUT2D eigenvalue weighted by Crippen LogP contribution is -2.20. The first-order valence-corrected chi connectivity index (χ1v) is 9.51. The van der Waals surface area contributed by atoms with Gasteiger partial charge in [-0.25, -0.2) is 9.78 Å². The van der Waals surface area contributed by atoms with Crippen molar-refractivity contribution in [3.63, 3.8) is 0 Å². The summed E-state index contributed by atoms with van der Waals surface area (Å²) in [6, 6.07) is 11.5. The Labute approximate surface area is 165 Å². The number of carbonyl (C=O) groups excluding carboxylic acids is 1. The summed E-state index contributed by atoms with van der Waals surface area (Å²) in [4.78, 5) is 34.4. The summed E-state index contributed by atoms with van der Waals surface area (Å²) in [7, 11) is 1.31. The van der Waals surface area contributed by atoms with Crippen molar-refractivity contribution in [3.05, 3.63) is 75.3 Å². The van der Waals surface area contributed by atoms with Gasteiger partial charge in [0.2, 0.25) is 0 Å². The first-order chi connectivity index (χ1) is 13.5. The SMILES string of the molecule is COC(=O)c1c(C)nc(C)c2c(=O)n(-c3nc(-c4ccccc4)cs3)ccc12. The molecule has 4 rings (SSSR count). The van der Waals surface area contributed by atoms with Gasteiger partial charge in [0.1, 0.15) is 0 Å². The number of pyridine rings is 2. The fourth-order valence-corrected chi connectivity index (χ4v) is 4.09. The lowest BCUT2D eigenvalue weighted by molar-refractivity contribution is 0.0601. The van der Waals surface area contributed by atoms with E-state index in [0.29, 0.717) is 32.9 Å². The Morgan fingerprint density at radius 2 is 1.82 bits per heavy atom. The van der Waals surface area contributed by atoms with Gasteiger partial charge in [-0.1, -0.05) is 30.3 Å². The Bertz CT molecular complexity index is 1260. The summed E-state index contributed by atoms with van der Waals surface area (Å²) < 4.78 is 6.36. The second-order valence-corrected chi connectivity index (χ2v) is 7.15. The minimum absolute atomic E-state index is 0.262. The second kappa shape index (κ2) is 7.01. The topological polar surface area (TPSA) is 74.1 Å². The van der Waals surface area contributed by atoms with Crippen LogP contribution in [0.4, 0.5) is 0 Å². The van der Waals surface area contributed by atoms with Gasteiger partial charge in [-0.3, -0.25) is 14.3 Å². The Kier molecular flexibility index (Phi) is 4.52. The van der Waals surface area contributed by atoms with Crippen LogP contribution in [-0.2, 0) is 4.74 Å². The smallest absolute Gasteiger partial charge is 0.340 e. The number of esters is 1. The van der Waals surface area contributed by atoms with Crippen molar-refractivity contribution in [1.82, 2.24) is 14.5 Å². The monoisotopic (exact) mass is 391 g/mol. The van der Waals surface area contributed by atoms with Crippen LogP contribution in [-0.4, -0.2) is 27.6 Å². The second-order valence-electron chi connectivity index (χ2n) is 6.31. The zero-order chi connectivity index (χ0) is 19.8. The summed E-state index contributed by atoms with van der Waals surface area (Å²) in [5.74, 6) is -0.507. The third-order valence-electron chi connectivity index (χ3n) is 4.58. The molecule has 0 spiro atoms. The van der Waals surface area contributed by atoms with Gasteiger partial charge in [0.15, 0.2) is 5.13 Å². The standard InChI is InChI=1S/C21H17N3O3S/c1-12-17-15(18(13(2)22-12)20(26)27-3)9-10-24(19(17)25)21-23-16(11-28-21)14-7-5-4-6-8-14/h4-11H,1-3H3. The average molecular weight is 391 g/mol. The number of carbonyl (C=O) groups is 1. The molecule has 0 amide bonds. The summed E-state index contributed by atoms with van der Waals surface area (Å²) >= 11 is 1.38. The minimum Gasteiger partial charge on any atom is -0.465 e. The number of benzene rings is 1. The molecule has 0 aliphatic carbocycles. The van der Waals surface area contributed by atoms with Crippen molar-refractivity contribution >= 4 is 28.1 Å². The lowest BCUT2D eigenvalue weighted by Gasteiger charge is -2.11. The first-order valence-electron chi connectivity index (χ1n) is 8.63. The molecule has 28 heavy (non-hydrogen) atoms. The molecule has 0 fully saturated rings. The number of fused-ring (bicyclic) bond motifs is 1. The van der Waals surface area contributed by atoms with Gasteiger partial charge in [-0.05, 0) is 19.9 Å². The largest absolute Gasteiger partial charge is 0.465 e. The van der Waals surface area contributed by atoms with E-state index in [2.05, 4.69) is 9.97 Å². The highest BCUT2D eigenvalue weighted by Crippen LogP contribution is 2.26. The van der Waals surface area contributed by atoms with Crippen LogP contribution in [0.15, 0.2) is 52.8 Å². The third kappa shape index (κ3) is 2.90. The van der Waals surface area contributed by atoms with E-state index in [4.69, 9.17) is 4.74 Å². The van der Waals surface area contributed by atoms with Crippen LogP contribution in [0.1, 0.15) is 21.7 Å². The van der Waals surface area contributed by atoms with E-state index < -0.39 is 5.97 Å². The van der Waals surface area contributed by atoms with Gasteiger partial charge in [0.05, 0.1) is 35.1 Å². The number of rotatable bonds is 3. The number of ether oxygens (including phenoxy) is 1. The summed E-state index contributed by atoms with van der Waals surface area (Å²) in [6.07, 6.45) is 1.64. The van der Waals surface area contributed by atoms with Gasteiger partial charge >= 0.3 is 5.97 Å². The molecule has 0 aliphatic heterocycles. The predicted molar refractivity (Wildman–Crippen MR) is 109 cm³/mol. The van der Waals surface area contributed by atoms with Crippen molar-refractivity contribution in [3.8, 4) is 16.4 Å². The third-order valence-corrected chi connectivity index (χ3v) is 5.42. The highest BCUT2D eigenvalue weighted by atomic mass is 32.1. The van der Waals surface area contributed by atoms with Gasteiger partial charge in [-0.2, -0.15) is 0 Å². The number of nitrogens with zero attached hydrogens (tertiary/aromatic N) is 3. The van der Waals surface area contributed by atoms with Crippen LogP contribution in [0.3, 0.4) is 0 Å². The molecule has 0 unspecified atom stereocenters. The molecule has 0 aliphatic rings. The van der Waals surface area contributed by atoms with Crippen LogP contribution in [0.5, 0.6) is 0 Å². The van der Waals surface area contributed by atoms with E-state index in [9.17, 15) is 9.59 Å². The quantitative estimate of drug-likeness (QED) is 0.495. The van der Waals surface area contributed by atoms with Crippen LogP contribution >= 0.6 is 11.3 Å². The Balaban J connectivity index is 1.91. The summed E-state index contributed by atoms with van der Waals surface area (Å²) in [5, 5.41) is 3.41. The molecular weight excluding hydrogens is 374 g/mol. The van der Waals surface area contributed by atoms with E-state index in [1.807, 2.05) is 35.7 Å². The average Bonchev–Trinajstić information content (AvgIpc) is 3.18. The van der Waals surface area contributed by atoms with E-state index in [-0.39, 0.29) is 5.56 Å². The molecule has 0 bridgehead atoms. The predicted octanol–water partition coefficient (Wildman–Crippen LogP) is 3.91. The molecule has 0 radical (unpaired) electrons. The highest BCUT2D eigenvalue weighted by molar-refractivity contribution is 7.12. The number of hydrogen-bond acceptors (Lipinski definition) is 6. The van der Waals surface area contributed by atoms with Gasteiger partial charge in [-0.15, -0.1) is 11.3 Å². The maximum atomic E-state index is 13.2. The van der Waals surface area contributed by atoms with Crippen molar-refractivity contribution < 1.29 is 9.53 Å². The molecule has 0 saturated heterocycles. The molecule has 0 atom stereocenters. The zero-order valence-corrected chi connectivity index (χ0v) is 16.4. The number of aryl methyl sites for hydroxylation is 2. The fourth-order valence-electron chi connectivity index (χ4n) is 3.28. The van der Waals surface area contributed by atoms with Crippen LogP contribution in [0.25, 0.3) is 27.2 Å². The summed E-state index contributed by atoms with van der Waals surface area (Å²) in [5.41, 5.74) is 2.95. The van der Waals surface area contributed by atoms with E-state index in [1.54, 1.807) is 26.1 Å². The highest BCUT2D eigenvalue weighted by Gasteiger charge is 2.20. The minimum atomic E-state index is -0.507. The Morgan fingerprint density at radius 1 is 1.07 bits per heavy atom. The van der Waals surface area contributed by atoms with Gasteiger partial charge in [0.25, 0.3) is 5.56 Å². The zero-order valence-electron chi connectivity index (χ0n) is 15.6. The van der Waals surface area contributed by atoms with Crippen LogP contribution < -0.4 is 5.56 Å². The summed E-state index contributed by atoms with van der Waals surface area (Å²) in [6.45, 7) is 3.50. The number of thiazole rings is 1. The molecule has 4 aromatic rings. The Hall–Kier alpha value is -3.32. The van der Waals surface area contributed by atoms with Crippen LogP contribution in [0, 0.1) is 13.8 Å². The fraction of sp³-hybridized carbons (Fsp3) is 0.143. The molecule has 3 heterocycles. The van der Waals surface area contributed by atoms with Crippen molar-refractivity contribution in [2.75, 3.05) is 7.11 Å². The molecule has 0 saturated carbocycles. The van der Waals surface area contributed by atoms with E-state index in [0.717, 1.165) is 11.3 Å². The van der Waals surface area contributed by atoms with Crippen molar-refractivity contribution in [2.45, 2.75) is 13.8 Å². The molecule has 7 heteroatoms. The maximum absolute atomic E-state index is 13.2. The molecular formula is C21H17N3O3S. The normalized spacial score (nSPS) is 11.0. The number of aromatic nitrogens is 3. The van der Waals surface area contributed by atoms with E-state index >= 15 is 0 Å². The maximum Gasteiger partial charge on any atom is 0.340 e. The molecule has 6 nitrogen and oxygen atoms in total. The Morgan fingerprint density at radius 3 is 2.54 bits per heavy atom. The van der Waals surface area contributed by atoms with Gasteiger partial charge in [0, 0.05) is 22.5 Å². The lowest BCUT2D eigenvalue weighted by atomic mass is 10.0. The number of hydrogen-bond donors (Lipinski definition) is 0. The molecule has 3 aromatic heterocycles. The van der Waals surface area contributed by atoms with Crippen molar-refractivity contribution in [2.24, 2.45) is 0 Å². The molecule has 1 aromatic carbocycles. The van der Waals surface area contributed by atoms with Crippen LogP contribution in [0.2, 0.25) is 0 Å². The number of methoxy groups -OCH3 is 1. The molecule has 0 N–H and O–H groups in total. The molecule has 140 valence electrons.